The molecular formula is C11H12N4O9S. The Kier molecular flexibility index (Phi) is 4.96. The zero-order valence-corrected chi connectivity index (χ0v) is 13.3. The van der Waals surface area contributed by atoms with Crippen LogP contribution in [0.1, 0.15) is 30.9 Å². The molecule has 0 amide bonds. The lowest BCUT2D eigenvalue weighted by atomic mass is 9.94. The fourth-order valence-electron chi connectivity index (χ4n) is 2.83. The summed E-state index contributed by atoms with van der Waals surface area (Å²) >= 11 is 0. The van der Waals surface area contributed by atoms with Gasteiger partial charge in [0.15, 0.2) is 0 Å². The summed E-state index contributed by atoms with van der Waals surface area (Å²) < 4.78 is 32.9. The van der Waals surface area contributed by atoms with Crippen LogP contribution < -0.4 is 0 Å². The zero-order valence-electron chi connectivity index (χ0n) is 12.5. The van der Waals surface area contributed by atoms with Gasteiger partial charge < -0.3 is 0 Å². The SMILES string of the molecule is O=[N+]([O-])c1cc([N+](=O)[O-])c(C2CCCCN2S(=O)(=O)O)c([N+](=O)[O-])c1. The quantitative estimate of drug-likeness (QED) is 0.453. The van der Waals surface area contributed by atoms with Crippen LogP contribution >= 0.6 is 0 Å². The van der Waals surface area contributed by atoms with Gasteiger partial charge in [0.25, 0.3) is 17.1 Å². The van der Waals surface area contributed by atoms with Crippen molar-refractivity contribution in [2.45, 2.75) is 25.3 Å². The molecule has 1 unspecified atom stereocenters. The second-order valence-corrected chi connectivity index (χ2v) is 6.63. The second-order valence-electron chi connectivity index (χ2n) is 5.27. The molecule has 0 saturated carbocycles. The Balaban J connectivity index is 2.79. The monoisotopic (exact) mass is 376 g/mol. The van der Waals surface area contributed by atoms with Gasteiger partial charge in [-0.2, -0.15) is 12.7 Å². The van der Waals surface area contributed by atoms with Gasteiger partial charge in [0.05, 0.1) is 32.9 Å². The molecule has 1 saturated heterocycles. The van der Waals surface area contributed by atoms with Crippen molar-refractivity contribution in [2.24, 2.45) is 0 Å². The average molecular weight is 376 g/mol. The highest BCUT2D eigenvalue weighted by molar-refractivity contribution is 7.83. The van der Waals surface area contributed by atoms with Gasteiger partial charge in [-0.3, -0.25) is 34.9 Å². The van der Waals surface area contributed by atoms with Crippen molar-refractivity contribution in [3.05, 3.63) is 48.0 Å². The Morgan fingerprint density at radius 3 is 1.92 bits per heavy atom. The van der Waals surface area contributed by atoms with Crippen molar-refractivity contribution in [3.63, 3.8) is 0 Å². The van der Waals surface area contributed by atoms with E-state index in [-0.39, 0.29) is 13.0 Å². The molecule has 1 aliphatic heterocycles. The van der Waals surface area contributed by atoms with Gasteiger partial charge in [0.2, 0.25) is 0 Å². The van der Waals surface area contributed by atoms with E-state index in [2.05, 4.69) is 0 Å². The first-order valence-electron chi connectivity index (χ1n) is 6.89. The van der Waals surface area contributed by atoms with Crippen LogP contribution in [-0.4, -0.2) is 38.6 Å². The normalized spacial score (nSPS) is 18.7. The van der Waals surface area contributed by atoms with Gasteiger partial charge in [0, 0.05) is 6.54 Å². The fourth-order valence-corrected chi connectivity index (χ4v) is 3.72. The van der Waals surface area contributed by atoms with E-state index in [0.29, 0.717) is 29.3 Å². The molecule has 0 bridgehead atoms. The highest BCUT2D eigenvalue weighted by Crippen LogP contribution is 2.44. The number of non-ortho nitro benzene ring substituents is 1. The summed E-state index contributed by atoms with van der Waals surface area (Å²) in [5.41, 5.74) is -3.34. The lowest BCUT2D eigenvalue weighted by Gasteiger charge is -2.32. The third-order valence-electron chi connectivity index (χ3n) is 3.81. The number of piperidine rings is 1. The third-order valence-corrected chi connectivity index (χ3v) is 4.84. The van der Waals surface area contributed by atoms with Gasteiger partial charge in [-0.15, -0.1) is 0 Å². The van der Waals surface area contributed by atoms with Crippen molar-refractivity contribution in [1.82, 2.24) is 4.31 Å². The predicted octanol–water partition coefficient (Wildman–Crippen LogP) is 1.74. The number of benzene rings is 1. The number of rotatable bonds is 5. The lowest BCUT2D eigenvalue weighted by Crippen LogP contribution is -2.38. The van der Waals surface area contributed by atoms with Crippen molar-refractivity contribution < 1.29 is 27.7 Å². The van der Waals surface area contributed by atoms with Gasteiger partial charge >= 0.3 is 10.3 Å². The minimum absolute atomic E-state index is 0.0146. The Morgan fingerprint density at radius 2 is 1.52 bits per heavy atom. The summed E-state index contributed by atoms with van der Waals surface area (Å²) in [5, 5.41) is 33.5. The minimum atomic E-state index is -4.78. The van der Waals surface area contributed by atoms with E-state index in [1.54, 1.807) is 0 Å². The molecule has 1 atom stereocenters. The molecular weight excluding hydrogens is 364 g/mol. The Labute approximate surface area is 140 Å². The maximum Gasteiger partial charge on any atom is 0.336 e. The van der Waals surface area contributed by atoms with Crippen LogP contribution in [0, 0.1) is 30.3 Å². The molecule has 0 radical (unpaired) electrons. The molecule has 0 aliphatic carbocycles. The van der Waals surface area contributed by atoms with Gasteiger partial charge in [0.1, 0.15) is 5.56 Å². The van der Waals surface area contributed by atoms with Gasteiger partial charge in [-0.05, 0) is 12.8 Å². The predicted molar refractivity (Wildman–Crippen MR) is 81.3 cm³/mol. The molecule has 1 N–H and O–H groups in total. The van der Waals surface area contributed by atoms with Crippen molar-refractivity contribution in [1.29, 1.82) is 0 Å². The van der Waals surface area contributed by atoms with E-state index in [4.69, 9.17) is 0 Å². The number of hydrogen-bond acceptors (Lipinski definition) is 8. The molecule has 1 aromatic rings. The smallest absolute Gasteiger partial charge is 0.273 e. The number of nitro groups is 3. The highest BCUT2D eigenvalue weighted by Gasteiger charge is 2.42. The third kappa shape index (κ3) is 3.70. The molecule has 0 spiro atoms. The fraction of sp³-hybridized carbons (Fsp3) is 0.455. The van der Waals surface area contributed by atoms with E-state index in [1.807, 2.05) is 0 Å². The molecule has 25 heavy (non-hydrogen) atoms. The van der Waals surface area contributed by atoms with Crippen molar-refractivity contribution in [3.8, 4) is 0 Å². The molecule has 2 rings (SSSR count). The first-order chi connectivity index (χ1) is 11.5. The van der Waals surface area contributed by atoms with Crippen molar-refractivity contribution in [2.75, 3.05) is 6.54 Å². The number of hydrogen-bond donors (Lipinski definition) is 1. The largest absolute Gasteiger partial charge is 0.336 e. The van der Waals surface area contributed by atoms with Crippen LogP contribution in [0.25, 0.3) is 0 Å². The highest BCUT2D eigenvalue weighted by atomic mass is 32.2. The van der Waals surface area contributed by atoms with Crippen LogP contribution in [0.5, 0.6) is 0 Å². The van der Waals surface area contributed by atoms with Crippen LogP contribution in [0.3, 0.4) is 0 Å². The molecule has 1 aliphatic rings. The van der Waals surface area contributed by atoms with E-state index in [9.17, 15) is 43.3 Å². The minimum Gasteiger partial charge on any atom is -0.273 e. The molecule has 13 nitrogen and oxygen atoms in total. The maximum absolute atomic E-state index is 11.5. The van der Waals surface area contributed by atoms with E-state index >= 15 is 0 Å². The Bertz CT molecular complexity index is 818. The summed E-state index contributed by atoms with van der Waals surface area (Å²) in [5.74, 6) is 0. The first kappa shape index (κ1) is 18.6. The molecule has 136 valence electrons. The summed E-state index contributed by atoms with van der Waals surface area (Å²) in [6.07, 6.45) is 0.742. The topological polar surface area (TPSA) is 187 Å². The van der Waals surface area contributed by atoms with Crippen LogP contribution in [0.15, 0.2) is 12.1 Å². The van der Waals surface area contributed by atoms with Crippen LogP contribution in [-0.2, 0) is 10.3 Å². The van der Waals surface area contributed by atoms with E-state index in [1.165, 1.54) is 0 Å². The average Bonchev–Trinajstić information content (AvgIpc) is 2.52. The summed E-state index contributed by atoms with van der Waals surface area (Å²) in [6.45, 7) is -0.186. The summed E-state index contributed by atoms with van der Waals surface area (Å²) in [7, 11) is -4.78. The van der Waals surface area contributed by atoms with Crippen molar-refractivity contribution >= 4 is 27.4 Å². The summed E-state index contributed by atoms with van der Waals surface area (Å²) in [6, 6.07) is -0.288. The first-order valence-corrected chi connectivity index (χ1v) is 8.29. The van der Waals surface area contributed by atoms with E-state index in [0.717, 1.165) is 0 Å². The molecule has 1 heterocycles. The Hall–Kier alpha value is -2.71. The standard InChI is InChI=1S/C11H12N4O9S/c16-13(17)7-5-9(14(18)19)11(10(6-7)15(20)21)8-3-1-2-4-12(8)25(22,23)24/h5-6,8H,1-4H2,(H,22,23,24). The second kappa shape index (κ2) is 6.66. The molecule has 1 fully saturated rings. The lowest BCUT2D eigenvalue weighted by molar-refractivity contribution is -0.404. The van der Waals surface area contributed by atoms with Crippen LogP contribution in [0.4, 0.5) is 17.1 Å². The van der Waals surface area contributed by atoms with E-state index < -0.39 is 53.7 Å². The molecule has 1 aromatic carbocycles. The molecule has 0 aromatic heterocycles. The number of nitrogens with zero attached hydrogens (tertiary/aromatic N) is 4. The Morgan fingerprint density at radius 1 is 1.00 bits per heavy atom. The zero-order chi connectivity index (χ0) is 18.9. The summed E-state index contributed by atoms with van der Waals surface area (Å²) in [4.78, 5) is 30.4. The van der Waals surface area contributed by atoms with Crippen LogP contribution in [0.2, 0.25) is 0 Å². The maximum atomic E-state index is 11.5. The van der Waals surface area contributed by atoms with Gasteiger partial charge in [-0.25, -0.2) is 0 Å². The van der Waals surface area contributed by atoms with Gasteiger partial charge in [-0.1, -0.05) is 6.42 Å². The molecule has 14 heteroatoms. The number of nitro benzene ring substituents is 3.